The van der Waals surface area contributed by atoms with Gasteiger partial charge in [-0.25, -0.2) is 0 Å². The molecule has 0 N–H and O–H groups in total. The van der Waals surface area contributed by atoms with Crippen molar-refractivity contribution >= 4 is 0 Å². The lowest BCUT2D eigenvalue weighted by Crippen LogP contribution is -2.13. The zero-order chi connectivity index (χ0) is 8.48. The molecule has 0 saturated heterocycles. The van der Waals surface area contributed by atoms with E-state index in [4.69, 9.17) is 0 Å². The van der Waals surface area contributed by atoms with Gasteiger partial charge in [0.15, 0.2) is 0 Å². The number of rotatable bonds is 2. The van der Waals surface area contributed by atoms with E-state index in [9.17, 15) is 0 Å². The van der Waals surface area contributed by atoms with Gasteiger partial charge in [0.2, 0.25) is 0 Å². The molecule has 0 aromatic rings. The maximum absolute atomic E-state index is 2.42. The lowest BCUT2D eigenvalue weighted by molar-refractivity contribution is 0.277. The highest BCUT2D eigenvalue weighted by atomic mass is 14.4. The maximum atomic E-state index is 2.42. The molecule has 0 aromatic carbocycles. The Kier molecular flexibility index (Phi) is 2.61. The summed E-state index contributed by atoms with van der Waals surface area (Å²) in [4.78, 5) is 0. The van der Waals surface area contributed by atoms with E-state index in [1.165, 1.54) is 25.7 Å². The van der Waals surface area contributed by atoms with Crippen molar-refractivity contribution in [3.63, 3.8) is 0 Å². The van der Waals surface area contributed by atoms with E-state index in [2.05, 4.69) is 27.7 Å². The molecule has 0 bridgehead atoms. The summed E-state index contributed by atoms with van der Waals surface area (Å²) in [6.07, 6.45) is 5.75. The minimum atomic E-state index is 0.625. The van der Waals surface area contributed by atoms with Crippen LogP contribution in [-0.4, -0.2) is 0 Å². The molecule has 1 saturated carbocycles. The zero-order valence-corrected chi connectivity index (χ0v) is 8.48. The van der Waals surface area contributed by atoms with Gasteiger partial charge in [-0.1, -0.05) is 40.5 Å². The quantitative estimate of drug-likeness (QED) is 0.566. The van der Waals surface area contributed by atoms with Crippen LogP contribution in [0, 0.1) is 17.3 Å². The average Bonchev–Trinajstić information content (AvgIpc) is 2.08. The SMILES string of the molecule is CCCC1CC(C)C(C)(C)C1. The van der Waals surface area contributed by atoms with Crippen LogP contribution < -0.4 is 0 Å². The first kappa shape index (κ1) is 9.09. The Bertz CT molecular complexity index is 124. The summed E-state index contributed by atoms with van der Waals surface area (Å²) < 4.78 is 0. The van der Waals surface area contributed by atoms with Crippen molar-refractivity contribution in [2.75, 3.05) is 0 Å². The lowest BCUT2D eigenvalue weighted by Gasteiger charge is -2.22. The second kappa shape index (κ2) is 3.16. The Labute approximate surface area is 71.4 Å². The number of hydrogen-bond acceptors (Lipinski definition) is 0. The molecule has 0 amide bonds. The van der Waals surface area contributed by atoms with Crippen molar-refractivity contribution in [1.29, 1.82) is 0 Å². The van der Waals surface area contributed by atoms with E-state index in [-0.39, 0.29) is 0 Å². The molecule has 0 radical (unpaired) electrons. The van der Waals surface area contributed by atoms with Gasteiger partial charge in [-0.3, -0.25) is 0 Å². The molecule has 1 rings (SSSR count). The van der Waals surface area contributed by atoms with Crippen molar-refractivity contribution in [3.8, 4) is 0 Å². The molecule has 0 spiro atoms. The minimum absolute atomic E-state index is 0.625. The van der Waals surface area contributed by atoms with Gasteiger partial charge in [0.1, 0.15) is 0 Å². The topological polar surface area (TPSA) is 0 Å². The molecule has 0 aliphatic heterocycles. The first-order valence-electron chi connectivity index (χ1n) is 5.06. The second-order valence-corrected chi connectivity index (χ2v) is 4.98. The Hall–Kier alpha value is 0. The summed E-state index contributed by atoms with van der Waals surface area (Å²) in [6, 6.07) is 0. The molecular formula is C11H22. The molecule has 1 aliphatic carbocycles. The van der Waals surface area contributed by atoms with E-state index >= 15 is 0 Å². The highest BCUT2D eigenvalue weighted by Gasteiger charge is 2.36. The molecule has 0 aromatic heterocycles. The van der Waals surface area contributed by atoms with Gasteiger partial charge in [-0.05, 0) is 30.1 Å². The van der Waals surface area contributed by atoms with E-state index in [0.29, 0.717) is 5.41 Å². The van der Waals surface area contributed by atoms with E-state index in [0.717, 1.165) is 11.8 Å². The van der Waals surface area contributed by atoms with E-state index in [1.54, 1.807) is 0 Å². The van der Waals surface area contributed by atoms with Crippen molar-refractivity contribution in [2.45, 2.75) is 53.4 Å². The third-order valence-electron chi connectivity index (χ3n) is 3.53. The van der Waals surface area contributed by atoms with Crippen LogP contribution in [0.1, 0.15) is 53.4 Å². The molecule has 66 valence electrons. The predicted octanol–water partition coefficient (Wildman–Crippen LogP) is 3.86. The van der Waals surface area contributed by atoms with Gasteiger partial charge >= 0.3 is 0 Å². The number of hydrogen-bond donors (Lipinski definition) is 0. The third kappa shape index (κ3) is 1.98. The van der Waals surface area contributed by atoms with Crippen LogP contribution in [0.3, 0.4) is 0 Å². The molecule has 0 nitrogen and oxygen atoms in total. The smallest absolute Gasteiger partial charge is 0.0326 e. The fraction of sp³-hybridized carbons (Fsp3) is 1.00. The van der Waals surface area contributed by atoms with Crippen molar-refractivity contribution in [3.05, 3.63) is 0 Å². The highest BCUT2D eigenvalue weighted by Crippen LogP contribution is 2.47. The Morgan fingerprint density at radius 3 is 2.36 bits per heavy atom. The third-order valence-corrected chi connectivity index (χ3v) is 3.53. The summed E-state index contributed by atoms with van der Waals surface area (Å²) in [6.45, 7) is 9.56. The van der Waals surface area contributed by atoms with Crippen LogP contribution in [-0.2, 0) is 0 Å². The van der Waals surface area contributed by atoms with Gasteiger partial charge in [0.05, 0.1) is 0 Å². The summed E-state index contributed by atoms with van der Waals surface area (Å²) in [5.74, 6) is 1.98. The molecule has 1 aliphatic rings. The summed E-state index contributed by atoms with van der Waals surface area (Å²) in [5.41, 5.74) is 0.625. The fourth-order valence-corrected chi connectivity index (χ4v) is 2.48. The summed E-state index contributed by atoms with van der Waals surface area (Å²) in [5, 5.41) is 0. The van der Waals surface area contributed by atoms with Gasteiger partial charge in [-0.15, -0.1) is 0 Å². The van der Waals surface area contributed by atoms with Gasteiger partial charge in [-0.2, -0.15) is 0 Å². The normalized spacial score (nSPS) is 36.0. The fourth-order valence-electron chi connectivity index (χ4n) is 2.48. The second-order valence-electron chi connectivity index (χ2n) is 4.98. The average molecular weight is 154 g/mol. The van der Waals surface area contributed by atoms with Crippen LogP contribution in [0.5, 0.6) is 0 Å². The Morgan fingerprint density at radius 1 is 1.36 bits per heavy atom. The first-order chi connectivity index (χ1) is 5.06. The summed E-state index contributed by atoms with van der Waals surface area (Å²) in [7, 11) is 0. The largest absolute Gasteiger partial charge is 0.0654 e. The molecule has 0 heterocycles. The van der Waals surface area contributed by atoms with Crippen molar-refractivity contribution in [2.24, 2.45) is 17.3 Å². The Balaban J connectivity index is 2.43. The highest BCUT2D eigenvalue weighted by molar-refractivity contribution is 4.87. The van der Waals surface area contributed by atoms with Gasteiger partial charge < -0.3 is 0 Å². The minimum Gasteiger partial charge on any atom is -0.0654 e. The van der Waals surface area contributed by atoms with Crippen molar-refractivity contribution < 1.29 is 0 Å². The molecular weight excluding hydrogens is 132 g/mol. The predicted molar refractivity (Wildman–Crippen MR) is 50.6 cm³/mol. The van der Waals surface area contributed by atoms with E-state index < -0.39 is 0 Å². The molecule has 0 heteroatoms. The van der Waals surface area contributed by atoms with Crippen molar-refractivity contribution in [1.82, 2.24) is 0 Å². The van der Waals surface area contributed by atoms with Crippen LogP contribution in [0.4, 0.5) is 0 Å². The molecule has 1 fully saturated rings. The molecule has 2 atom stereocenters. The Morgan fingerprint density at radius 2 is 2.00 bits per heavy atom. The molecule has 2 unspecified atom stereocenters. The van der Waals surface area contributed by atoms with Crippen LogP contribution in [0.2, 0.25) is 0 Å². The monoisotopic (exact) mass is 154 g/mol. The maximum Gasteiger partial charge on any atom is -0.0326 e. The molecule has 11 heavy (non-hydrogen) atoms. The standard InChI is InChI=1S/C11H22/c1-5-6-10-7-9(2)11(3,4)8-10/h9-10H,5-8H2,1-4H3. The van der Waals surface area contributed by atoms with Gasteiger partial charge in [0, 0.05) is 0 Å². The van der Waals surface area contributed by atoms with Crippen LogP contribution in [0.15, 0.2) is 0 Å². The van der Waals surface area contributed by atoms with E-state index in [1.807, 2.05) is 0 Å². The zero-order valence-electron chi connectivity index (χ0n) is 8.48. The van der Waals surface area contributed by atoms with Crippen LogP contribution in [0.25, 0.3) is 0 Å². The summed E-state index contributed by atoms with van der Waals surface area (Å²) >= 11 is 0. The first-order valence-corrected chi connectivity index (χ1v) is 5.06. The lowest BCUT2D eigenvalue weighted by atomic mass is 9.83. The van der Waals surface area contributed by atoms with Crippen LogP contribution >= 0.6 is 0 Å². The van der Waals surface area contributed by atoms with Gasteiger partial charge in [0.25, 0.3) is 0 Å².